The minimum Gasteiger partial charge on any atom is -1.00 e. The van der Waals surface area contributed by atoms with E-state index >= 15 is 0 Å². The molecule has 0 aromatic heterocycles. The van der Waals surface area contributed by atoms with Crippen LogP contribution in [-0.4, -0.2) is 5.33 Å². The van der Waals surface area contributed by atoms with Crippen molar-refractivity contribution in [3.63, 3.8) is 0 Å². The van der Waals surface area contributed by atoms with Crippen molar-refractivity contribution < 1.29 is 40.6 Å². The topological polar surface area (TPSA) is 0 Å². The first-order chi connectivity index (χ1) is 2.41. The number of hydrogen-bond donors (Lipinski definition) is 0. The molecule has 0 fully saturated rings. The van der Waals surface area contributed by atoms with Crippen molar-refractivity contribution in [2.75, 3.05) is 5.33 Å². The van der Waals surface area contributed by atoms with Gasteiger partial charge in [-0.25, -0.2) is 0 Å². The number of unbranched alkanes of at least 4 members (excludes halogenated alkanes) is 1. The molecule has 7 heavy (non-hydrogen) atoms. The van der Waals surface area contributed by atoms with Crippen molar-refractivity contribution in [3.8, 4) is 0 Å². The predicted octanol–water partition coefficient (Wildman–Crippen LogP) is -3.59. The molecule has 0 N–H and O–H groups in total. The zero-order valence-electron chi connectivity index (χ0n) is 7.50. The largest absolute Gasteiger partial charge is 1.00 e. The Kier molecular flexibility index (Phi) is 35.5. The van der Waals surface area contributed by atoms with E-state index in [1.54, 1.807) is 0 Å². The Bertz CT molecular complexity index is 24.0. The van der Waals surface area contributed by atoms with Gasteiger partial charge >= 0.3 is 37.7 Å². The van der Waals surface area contributed by atoms with Gasteiger partial charge in [0.25, 0.3) is 0 Å². The van der Waals surface area contributed by atoms with Crippen LogP contribution in [0.15, 0.2) is 0 Å². The van der Waals surface area contributed by atoms with Crippen LogP contribution in [-0.2, 0) is 0 Å². The third-order valence-corrected chi connectivity index (χ3v) is 1.05. The fourth-order valence-electron chi connectivity index (χ4n) is 0.134. The van der Waals surface area contributed by atoms with E-state index in [9.17, 15) is 0 Å². The van der Waals surface area contributed by atoms with Gasteiger partial charge in [0.1, 0.15) is 0 Å². The van der Waals surface area contributed by atoms with Crippen molar-refractivity contribution >= 4 is 15.9 Å². The molecule has 0 radical (unpaired) electrons. The number of alkyl halides is 1. The van der Waals surface area contributed by atoms with Gasteiger partial charge < -0.3 is 2.85 Å². The molecule has 0 rings (SSSR count). The molecule has 0 heterocycles. The van der Waals surface area contributed by atoms with Gasteiger partial charge in [0.2, 0.25) is 0 Å². The zero-order valence-corrected chi connectivity index (χ0v) is 7.09. The van der Waals surface area contributed by atoms with Crippen molar-refractivity contribution in [3.05, 3.63) is 0 Å². The van der Waals surface area contributed by atoms with E-state index < -0.39 is 0 Å². The second-order valence-electron chi connectivity index (χ2n) is 1.04. The Morgan fingerprint density at radius 3 is 1.86 bits per heavy atom. The molecule has 0 nitrogen and oxygen atoms in total. The van der Waals surface area contributed by atoms with Crippen molar-refractivity contribution in [1.29, 1.82) is 0 Å². The van der Waals surface area contributed by atoms with Gasteiger partial charge in [-0.1, -0.05) is 29.3 Å². The van der Waals surface area contributed by atoms with E-state index in [2.05, 4.69) is 22.9 Å². The number of rotatable bonds is 2. The summed E-state index contributed by atoms with van der Waals surface area (Å²) < 4.78 is 0. The van der Waals surface area contributed by atoms with Gasteiger partial charge in [0.05, 0.1) is 0 Å². The van der Waals surface area contributed by atoms with E-state index in [0.717, 1.165) is 5.33 Å². The van der Waals surface area contributed by atoms with Gasteiger partial charge in [0.15, 0.2) is 0 Å². The van der Waals surface area contributed by atoms with Crippen LogP contribution >= 0.6 is 15.9 Å². The molecule has 36 valence electrons. The summed E-state index contributed by atoms with van der Waals surface area (Å²) in [5.41, 5.74) is 0. The summed E-state index contributed by atoms with van der Waals surface area (Å²) in [5.74, 6) is 0. The van der Waals surface area contributed by atoms with Crippen LogP contribution in [0.5, 0.6) is 0 Å². The molecule has 0 saturated heterocycles. The van der Waals surface area contributed by atoms with E-state index in [1.807, 2.05) is 0 Å². The molecule has 0 aliphatic carbocycles. The summed E-state index contributed by atoms with van der Waals surface area (Å²) in [6, 6.07) is 0. The minimum atomic E-state index is 0. The smallest absolute Gasteiger partial charge is 1.00 e. The first-order valence-electron chi connectivity index (χ1n) is 1.97. The molecule has 0 spiro atoms. The van der Waals surface area contributed by atoms with E-state index in [4.69, 9.17) is 0 Å². The van der Waals surface area contributed by atoms with Gasteiger partial charge in [-0.15, -0.1) is 0 Å². The Labute approximate surface area is 81.3 Å². The van der Waals surface area contributed by atoms with Crippen LogP contribution in [0, 0.1) is 0 Å². The molecule has 3 heteroatoms. The fraction of sp³-hybridized carbons (Fsp3) is 1.00. The monoisotopic (exact) mass is 152 g/mol. The van der Waals surface area contributed by atoms with Gasteiger partial charge in [-0.05, 0) is 6.42 Å². The average Bonchev–Trinajstić information content (AvgIpc) is 1.41. The minimum absolute atomic E-state index is 0. The summed E-state index contributed by atoms with van der Waals surface area (Å²) in [6.45, 7) is 2.18. The summed E-state index contributed by atoms with van der Waals surface area (Å²) >= 11 is 3.31. The molecular formula is C4H11BrLi2. The normalized spacial score (nSPS) is 6.00. The second-order valence-corrected chi connectivity index (χ2v) is 1.84. The molecule has 0 atom stereocenters. The number of hydrogen-bond acceptors (Lipinski definition) is 0. The van der Waals surface area contributed by atoms with Crippen LogP contribution in [0.4, 0.5) is 0 Å². The van der Waals surface area contributed by atoms with Crippen molar-refractivity contribution in [1.82, 2.24) is 0 Å². The maximum atomic E-state index is 3.31. The molecular weight excluding hydrogens is 142 g/mol. The van der Waals surface area contributed by atoms with Gasteiger partial charge in [0, 0.05) is 5.33 Å². The standard InChI is InChI=1S/C4H9Br.2Li.2H/c1-2-3-4-5;;;;/h2-4H2,1H3;;;;/q;2*+1;2*-1. The van der Waals surface area contributed by atoms with E-state index in [-0.39, 0.29) is 40.6 Å². The molecule has 0 aromatic carbocycles. The summed E-state index contributed by atoms with van der Waals surface area (Å²) in [5, 5.41) is 1.16. The average molecular weight is 153 g/mol. The summed E-state index contributed by atoms with van der Waals surface area (Å²) in [7, 11) is 0. The first-order valence-corrected chi connectivity index (χ1v) is 3.10. The Morgan fingerprint density at radius 1 is 1.43 bits per heavy atom. The maximum absolute atomic E-state index is 3.31. The molecule has 0 aromatic rings. The molecule has 0 bridgehead atoms. The van der Waals surface area contributed by atoms with Crippen LogP contribution in [0.25, 0.3) is 0 Å². The molecule has 0 saturated carbocycles. The fourth-order valence-corrected chi connectivity index (χ4v) is 0.694. The third-order valence-electron chi connectivity index (χ3n) is 0.487. The summed E-state index contributed by atoms with van der Waals surface area (Å²) in [6.07, 6.45) is 2.60. The van der Waals surface area contributed by atoms with Crippen LogP contribution in [0.3, 0.4) is 0 Å². The van der Waals surface area contributed by atoms with Crippen LogP contribution in [0.2, 0.25) is 0 Å². The van der Waals surface area contributed by atoms with Crippen molar-refractivity contribution in [2.24, 2.45) is 0 Å². The molecule has 0 amide bonds. The van der Waals surface area contributed by atoms with Gasteiger partial charge in [-0.3, -0.25) is 0 Å². The molecule has 0 aliphatic rings. The van der Waals surface area contributed by atoms with Gasteiger partial charge in [-0.2, -0.15) is 0 Å². The zero-order chi connectivity index (χ0) is 4.12. The Hall–Kier alpha value is 1.67. The molecule has 0 aliphatic heterocycles. The van der Waals surface area contributed by atoms with Crippen LogP contribution < -0.4 is 37.7 Å². The predicted molar refractivity (Wildman–Crippen MR) is 30.9 cm³/mol. The van der Waals surface area contributed by atoms with Crippen LogP contribution in [0.1, 0.15) is 22.6 Å². The van der Waals surface area contributed by atoms with E-state index in [0.29, 0.717) is 0 Å². The van der Waals surface area contributed by atoms with Crippen molar-refractivity contribution in [2.45, 2.75) is 19.8 Å². The molecule has 0 unspecified atom stereocenters. The van der Waals surface area contributed by atoms with E-state index in [1.165, 1.54) is 12.8 Å². The number of halogens is 1. The SMILES string of the molecule is CCCCBr.[H-].[H-].[Li+].[Li+]. The second kappa shape index (κ2) is 15.6. The first kappa shape index (κ1) is 15.9. The summed E-state index contributed by atoms with van der Waals surface area (Å²) in [4.78, 5) is 0. The maximum Gasteiger partial charge on any atom is 1.00 e. The Balaban J connectivity index is -0.0000000133. The Morgan fingerprint density at radius 2 is 1.86 bits per heavy atom. The quantitative estimate of drug-likeness (QED) is 0.284. The third kappa shape index (κ3) is 18.3.